The minimum absolute atomic E-state index is 0.0163. The minimum Gasteiger partial charge on any atom is -0.456 e. The molecule has 2 aromatic rings. The fraction of sp³-hybridized carbons (Fsp3) is 0.346. The van der Waals surface area contributed by atoms with Crippen molar-refractivity contribution in [3.8, 4) is 0 Å². The molecule has 7 nitrogen and oxygen atoms in total. The van der Waals surface area contributed by atoms with Crippen molar-refractivity contribution in [1.82, 2.24) is 10.2 Å². The van der Waals surface area contributed by atoms with Crippen molar-refractivity contribution in [1.29, 1.82) is 0 Å². The summed E-state index contributed by atoms with van der Waals surface area (Å²) in [5.41, 5.74) is 2.16. The fourth-order valence-corrected chi connectivity index (χ4v) is 5.27. The summed E-state index contributed by atoms with van der Waals surface area (Å²) in [6.07, 6.45) is 0.903. The molecule has 0 aliphatic carbocycles. The Kier molecular flexibility index (Phi) is 7.90. The molecule has 178 valence electrons. The topological polar surface area (TPSA) is 84.9 Å². The van der Waals surface area contributed by atoms with Crippen LogP contribution in [0, 0.1) is 5.92 Å². The van der Waals surface area contributed by atoms with Gasteiger partial charge in [0, 0.05) is 23.6 Å². The van der Waals surface area contributed by atoms with Crippen LogP contribution in [0.15, 0.2) is 71.3 Å². The Morgan fingerprint density at radius 1 is 1.00 bits per heavy atom. The van der Waals surface area contributed by atoms with Gasteiger partial charge in [-0.25, -0.2) is 9.59 Å². The molecular formula is C26H28N2O5S. The number of esters is 1. The third-order valence-electron chi connectivity index (χ3n) is 5.96. The zero-order valence-electron chi connectivity index (χ0n) is 19.1. The number of ether oxygens (including phenoxy) is 2. The van der Waals surface area contributed by atoms with Crippen LogP contribution in [0.1, 0.15) is 30.9 Å². The summed E-state index contributed by atoms with van der Waals surface area (Å²) >= 11 is 1.48. The number of carbonyl (C=O) groups is 3. The van der Waals surface area contributed by atoms with Gasteiger partial charge in [0.2, 0.25) is 5.91 Å². The fourth-order valence-electron chi connectivity index (χ4n) is 4.21. The normalized spacial score (nSPS) is 18.9. The summed E-state index contributed by atoms with van der Waals surface area (Å²) in [4.78, 5) is 40.0. The van der Waals surface area contributed by atoms with Gasteiger partial charge in [0.1, 0.15) is 18.9 Å². The maximum Gasteiger partial charge on any atom is 0.407 e. The first kappa shape index (κ1) is 23.9. The monoisotopic (exact) mass is 480 g/mol. The highest BCUT2D eigenvalue weighted by Crippen LogP contribution is 2.47. The van der Waals surface area contributed by atoms with Crippen molar-refractivity contribution in [3.05, 3.63) is 82.4 Å². The maximum absolute atomic E-state index is 12.9. The van der Waals surface area contributed by atoms with Gasteiger partial charge in [0.15, 0.2) is 0 Å². The molecule has 2 aliphatic rings. The number of hydrogen-bond acceptors (Lipinski definition) is 6. The van der Waals surface area contributed by atoms with E-state index in [-0.39, 0.29) is 31.1 Å². The van der Waals surface area contributed by atoms with Crippen molar-refractivity contribution in [2.45, 2.75) is 39.0 Å². The molecule has 4 rings (SSSR count). The summed E-state index contributed by atoms with van der Waals surface area (Å²) in [5.74, 6) is 0.00187. The van der Waals surface area contributed by atoms with Crippen molar-refractivity contribution in [3.63, 3.8) is 0 Å². The van der Waals surface area contributed by atoms with Gasteiger partial charge in [-0.2, -0.15) is 0 Å². The van der Waals surface area contributed by atoms with Gasteiger partial charge < -0.3 is 19.7 Å². The van der Waals surface area contributed by atoms with Gasteiger partial charge in [-0.3, -0.25) is 4.79 Å². The number of hydrogen-bond donors (Lipinski definition) is 1. The molecule has 2 atom stereocenters. The Morgan fingerprint density at radius 2 is 1.62 bits per heavy atom. The van der Waals surface area contributed by atoms with Crippen LogP contribution in [0.3, 0.4) is 0 Å². The number of benzene rings is 2. The summed E-state index contributed by atoms with van der Waals surface area (Å²) in [6, 6.07) is 18.9. The smallest absolute Gasteiger partial charge is 0.407 e. The zero-order valence-corrected chi connectivity index (χ0v) is 19.9. The van der Waals surface area contributed by atoms with Crippen molar-refractivity contribution in [2.75, 3.05) is 12.3 Å². The van der Waals surface area contributed by atoms with E-state index in [0.29, 0.717) is 24.4 Å². The van der Waals surface area contributed by atoms with E-state index in [9.17, 15) is 14.4 Å². The summed E-state index contributed by atoms with van der Waals surface area (Å²) in [7, 11) is 0. The predicted molar refractivity (Wildman–Crippen MR) is 129 cm³/mol. The molecule has 2 amide bonds. The number of carbonyl (C=O) groups excluding carboxylic acids is 3. The second kappa shape index (κ2) is 11.2. The first-order valence-electron chi connectivity index (χ1n) is 11.4. The molecule has 8 heteroatoms. The summed E-state index contributed by atoms with van der Waals surface area (Å²) in [5, 5.41) is 2.73. The van der Waals surface area contributed by atoms with E-state index in [1.165, 1.54) is 11.8 Å². The molecule has 1 N–H and O–H groups in total. The van der Waals surface area contributed by atoms with Crippen LogP contribution in [0.2, 0.25) is 0 Å². The third-order valence-corrected chi connectivity index (χ3v) is 7.07. The van der Waals surface area contributed by atoms with E-state index in [1.54, 1.807) is 4.90 Å². The number of thioether (sulfide) groups is 1. The molecule has 0 aromatic heterocycles. The van der Waals surface area contributed by atoms with E-state index in [4.69, 9.17) is 9.47 Å². The number of nitrogens with zero attached hydrogens (tertiary/aromatic N) is 1. The number of rotatable bonds is 10. The standard InChI is InChI=1S/C26H28N2O5S/c1-2-20-21-15-22(34-14-13-27-26(31)33-17-19-11-7-4-8-12-19)23(28(21)24(20)29)25(30)32-16-18-9-5-3-6-10-18/h3-12,20-21H,2,13-17H2,1H3,(H,27,31). The largest absolute Gasteiger partial charge is 0.456 e. The molecule has 2 heterocycles. The van der Waals surface area contributed by atoms with Crippen LogP contribution in [0.4, 0.5) is 4.79 Å². The first-order chi connectivity index (χ1) is 16.6. The lowest BCUT2D eigenvalue weighted by Crippen LogP contribution is -2.58. The predicted octanol–water partition coefficient (Wildman–Crippen LogP) is 4.24. The van der Waals surface area contributed by atoms with E-state index in [2.05, 4.69) is 5.32 Å². The minimum atomic E-state index is -0.489. The SMILES string of the molecule is CCC1C(=O)N2C(C(=O)OCc3ccccc3)=C(SCCNC(=O)OCc3ccccc3)CC12. The number of amides is 2. The lowest BCUT2D eigenvalue weighted by molar-refractivity contribution is -0.157. The first-order valence-corrected chi connectivity index (χ1v) is 12.4. The molecule has 0 radical (unpaired) electrons. The summed E-state index contributed by atoms with van der Waals surface area (Å²) < 4.78 is 10.8. The maximum atomic E-state index is 12.9. The lowest BCUT2D eigenvalue weighted by atomic mass is 9.85. The molecule has 2 aromatic carbocycles. The highest BCUT2D eigenvalue weighted by atomic mass is 32.2. The van der Waals surface area contributed by atoms with Crippen molar-refractivity contribution in [2.24, 2.45) is 5.92 Å². The number of nitrogens with one attached hydrogen (secondary N) is 1. The van der Waals surface area contributed by atoms with Gasteiger partial charge in [0.05, 0.1) is 12.0 Å². The van der Waals surface area contributed by atoms with Crippen LogP contribution in [-0.2, 0) is 32.3 Å². The Morgan fingerprint density at radius 3 is 2.24 bits per heavy atom. The second-order valence-corrected chi connectivity index (χ2v) is 9.35. The van der Waals surface area contributed by atoms with Gasteiger partial charge in [0.25, 0.3) is 0 Å². The van der Waals surface area contributed by atoms with Gasteiger partial charge in [-0.1, -0.05) is 67.6 Å². The molecule has 2 aliphatic heterocycles. The van der Waals surface area contributed by atoms with Crippen LogP contribution in [-0.4, -0.2) is 41.2 Å². The quantitative estimate of drug-likeness (QED) is 0.311. The number of β-lactam (4-membered cyclic amide) rings is 1. The Balaban J connectivity index is 1.31. The highest BCUT2D eigenvalue weighted by molar-refractivity contribution is 8.03. The molecule has 2 unspecified atom stereocenters. The van der Waals surface area contributed by atoms with E-state index in [0.717, 1.165) is 22.5 Å². The Hall–Kier alpha value is -3.26. The Labute approximate surface area is 203 Å². The molecule has 0 spiro atoms. The van der Waals surface area contributed by atoms with Crippen LogP contribution in [0.25, 0.3) is 0 Å². The molecule has 0 bridgehead atoms. The highest BCUT2D eigenvalue weighted by Gasteiger charge is 2.54. The van der Waals surface area contributed by atoms with Crippen LogP contribution in [0.5, 0.6) is 0 Å². The lowest BCUT2D eigenvalue weighted by Gasteiger charge is -2.43. The average molecular weight is 481 g/mol. The zero-order chi connectivity index (χ0) is 23.9. The van der Waals surface area contributed by atoms with Gasteiger partial charge in [-0.15, -0.1) is 11.8 Å². The van der Waals surface area contributed by atoms with Crippen molar-refractivity contribution < 1.29 is 23.9 Å². The molecule has 1 saturated heterocycles. The van der Waals surface area contributed by atoms with Gasteiger partial charge in [-0.05, 0) is 17.5 Å². The summed E-state index contributed by atoms with van der Waals surface area (Å²) in [6.45, 7) is 2.73. The molecule has 0 saturated carbocycles. The van der Waals surface area contributed by atoms with Crippen LogP contribution < -0.4 is 5.32 Å². The van der Waals surface area contributed by atoms with E-state index in [1.807, 2.05) is 67.6 Å². The molecular weight excluding hydrogens is 452 g/mol. The van der Waals surface area contributed by atoms with Gasteiger partial charge >= 0.3 is 12.1 Å². The molecule has 1 fully saturated rings. The second-order valence-electron chi connectivity index (χ2n) is 8.16. The third kappa shape index (κ3) is 5.44. The van der Waals surface area contributed by atoms with Crippen molar-refractivity contribution >= 4 is 29.7 Å². The van der Waals surface area contributed by atoms with E-state index < -0.39 is 12.1 Å². The Bertz CT molecular complexity index is 1060. The van der Waals surface area contributed by atoms with E-state index >= 15 is 0 Å². The van der Waals surface area contributed by atoms with Crippen LogP contribution >= 0.6 is 11.8 Å². The molecule has 34 heavy (non-hydrogen) atoms. The number of fused-ring (bicyclic) bond motifs is 1. The number of alkyl carbamates (subject to hydrolysis) is 1. The average Bonchev–Trinajstić information content (AvgIpc) is 3.20.